The van der Waals surface area contributed by atoms with Crippen LogP contribution in [-0.2, 0) is 11.0 Å². The van der Waals surface area contributed by atoms with Crippen LogP contribution in [0.2, 0.25) is 0 Å². The van der Waals surface area contributed by atoms with Gasteiger partial charge in [-0.3, -0.25) is 9.59 Å². The predicted octanol–water partition coefficient (Wildman–Crippen LogP) is 4.99. The summed E-state index contributed by atoms with van der Waals surface area (Å²) >= 11 is 2.83. The molecule has 0 bridgehead atoms. The highest BCUT2D eigenvalue weighted by molar-refractivity contribution is 7.14. The fourth-order valence-corrected chi connectivity index (χ4v) is 4.09. The van der Waals surface area contributed by atoms with E-state index in [4.69, 9.17) is 0 Å². The third kappa shape index (κ3) is 5.01. The fourth-order valence-electron chi connectivity index (χ4n) is 2.58. The summed E-state index contributed by atoms with van der Waals surface area (Å²) in [7, 11) is 0. The zero-order valence-corrected chi connectivity index (χ0v) is 16.8. The van der Waals surface area contributed by atoms with Crippen LogP contribution in [0.4, 0.5) is 18.9 Å². The maximum atomic E-state index is 13.1. The normalized spacial score (nSPS) is 11.3. The average molecular weight is 439 g/mol. The molecule has 0 fully saturated rings. The highest BCUT2D eigenvalue weighted by atomic mass is 32.1. The SMILES string of the molecule is CCN(CC(=O)Nc1ccccc1C(F)(F)F)C(=O)c1csc(-c2ccsc2)n1. The summed E-state index contributed by atoms with van der Waals surface area (Å²) < 4.78 is 39.2. The van der Waals surface area contributed by atoms with E-state index < -0.39 is 23.6 Å². The van der Waals surface area contributed by atoms with Gasteiger partial charge in [-0.1, -0.05) is 12.1 Å². The van der Waals surface area contributed by atoms with Gasteiger partial charge in [-0.25, -0.2) is 4.98 Å². The summed E-state index contributed by atoms with van der Waals surface area (Å²) in [5.74, 6) is -1.17. The number of hydrogen-bond acceptors (Lipinski definition) is 5. The molecule has 0 spiro atoms. The second-order valence-corrected chi connectivity index (χ2v) is 7.60. The minimum atomic E-state index is -4.59. The van der Waals surface area contributed by atoms with Gasteiger partial charge in [0, 0.05) is 22.9 Å². The van der Waals surface area contributed by atoms with Crippen LogP contribution in [0.25, 0.3) is 10.6 Å². The van der Waals surface area contributed by atoms with Gasteiger partial charge >= 0.3 is 6.18 Å². The van der Waals surface area contributed by atoms with Crippen molar-refractivity contribution in [2.45, 2.75) is 13.1 Å². The molecule has 10 heteroatoms. The molecule has 2 heterocycles. The minimum absolute atomic E-state index is 0.196. The summed E-state index contributed by atoms with van der Waals surface area (Å²) in [4.78, 5) is 30.5. The van der Waals surface area contributed by atoms with Crippen molar-refractivity contribution in [1.29, 1.82) is 0 Å². The Morgan fingerprint density at radius 1 is 1.17 bits per heavy atom. The molecule has 0 aliphatic heterocycles. The van der Waals surface area contributed by atoms with Gasteiger partial charge in [-0.15, -0.1) is 11.3 Å². The van der Waals surface area contributed by atoms with Crippen LogP contribution in [0.15, 0.2) is 46.5 Å². The highest BCUT2D eigenvalue weighted by Gasteiger charge is 2.33. The number of thiazole rings is 1. The molecule has 5 nitrogen and oxygen atoms in total. The number of thiophene rings is 1. The number of hydrogen-bond donors (Lipinski definition) is 1. The van der Waals surface area contributed by atoms with Gasteiger partial charge in [0.15, 0.2) is 0 Å². The molecule has 29 heavy (non-hydrogen) atoms. The molecule has 1 N–H and O–H groups in total. The van der Waals surface area contributed by atoms with Crippen molar-refractivity contribution in [3.63, 3.8) is 0 Å². The maximum absolute atomic E-state index is 13.1. The molecular formula is C19H16F3N3O2S2. The lowest BCUT2D eigenvalue weighted by molar-refractivity contribution is -0.137. The van der Waals surface area contributed by atoms with Crippen LogP contribution in [0, 0.1) is 0 Å². The lowest BCUT2D eigenvalue weighted by Gasteiger charge is -2.20. The molecule has 1 aromatic carbocycles. The lowest BCUT2D eigenvalue weighted by Crippen LogP contribution is -2.38. The highest BCUT2D eigenvalue weighted by Crippen LogP contribution is 2.34. The number of nitrogens with zero attached hydrogens (tertiary/aromatic N) is 2. The third-order valence-corrected chi connectivity index (χ3v) is 5.58. The molecule has 0 aliphatic rings. The number of amides is 2. The molecule has 0 atom stereocenters. The molecule has 0 saturated carbocycles. The average Bonchev–Trinajstić information content (AvgIpc) is 3.36. The standard InChI is InChI=1S/C19H16F3N3O2S2/c1-2-25(18(27)15-11-29-17(24-15)12-7-8-28-10-12)9-16(26)23-14-6-4-3-5-13(14)19(20,21)22/h3-8,10-11H,2,9H2,1H3,(H,23,26). The molecular weight excluding hydrogens is 423 g/mol. The second-order valence-electron chi connectivity index (χ2n) is 5.96. The van der Waals surface area contributed by atoms with Crippen molar-refractivity contribution in [1.82, 2.24) is 9.88 Å². The van der Waals surface area contributed by atoms with Crippen molar-refractivity contribution in [2.75, 3.05) is 18.4 Å². The van der Waals surface area contributed by atoms with Crippen LogP contribution in [0.1, 0.15) is 23.0 Å². The second kappa shape index (κ2) is 8.75. The third-order valence-electron chi connectivity index (χ3n) is 4.00. The molecule has 3 rings (SSSR count). The molecule has 3 aromatic rings. The minimum Gasteiger partial charge on any atom is -0.328 e. The number of para-hydroxylation sites is 1. The monoisotopic (exact) mass is 439 g/mol. The Bertz CT molecular complexity index is 1000. The zero-order chi connectivity index (χ0) is 21.0. The van der Waals surface area contributed by atoms with Crippen molar-refractivity contribution in [3.8, 4) is 10.6 Å². The largest absolute Gasteiger partial charge is 0.418 e. The maximum Gasteiger partial charge on any atom is 0.418 e. The van der Waals surface area contributed by atoms with Gasteiger partial charge in [0.05, 0.1) is 11.3 Å². The van der Waals surface area contributed by atoms with Crippen LogP contribution in [-0.4, -0.2) is 34.8 Å². The molecule has 152 valence electrons. The molecule has 0 saturated heterocycles. The molecule has 0 radical (unpaired) electrons. The lowest BCUT2D eigenvalue weighted by atomic mass is 10.1. The fraction of sp³-hybridized carbons (Fsp3) is 0.211. The van der Waals surface area contributed by atoms with E-state index in [0.717, 1.165) is 11.6 Å². The Morgan fingerprint density at radius 2 is 1.93 bits per heavy atom. The van der Waals surface area contributed by atoms with Crippen LogP contribution >= 0.6 is 22.7 Å². The van der Waals surface area contributed by atoms with Gasteiger partial charge in [0.1, 0.15) is 17.2 Å². The predicted molar refractivity (Wildman–Crippen MR) is 107 cm³/mol. The number of halogens is 3. The number of rotatable bonds is 6. The Morgan fingerprint density at radius 3 is 2.59 bits per heavy atom. The van der Waals surface area contributed by atoms with E-state index in [9.17, 15) is 22.8 Å². The van der Waals surface area contributed by atoms with E-state index in [1.807, 2.05) is 16.8 Å². The summed E-state index contributed by atoms with van der Waals surface area (Å²) in [5, 5.41) is 8.36. The van der Waals surface area contributed by atoms with Crippen molar-refractivity contribution in [3.05, 3.63) is 57.7 Å². The number of likely N-dealkylation sites (N-methyl/N-ethyl adjacent to an activating group) is 1. The van der Waals surface area contributed by atoms with Crippen molar-refractivity contribution >= 4 is 40.2 Å². The Labute approximate surface area is 172 Å². The number of carbonyl (C=O) groups is 2. The number of alkyl halides is 3. The van der Waals surface area contributed by atoms with E-state index in [1.54, 1.807) is 12.3 Å². The van der Waals surface area contributed by atoms with Crippen LogP contribution in [0.3, 0.4) is 0 Å². The number of benzene rings is 1. The van der Waals surface area contributed by atoms with Gasteiger partial charge in [0.25, 0.3) is 5.91 Å². The number of aromatic nitrogens is 1. The first kappa shape index (κ1) is 21.0. The van der Waals surface area contributed by atoms with Gasteiger partial charge in [-0.05, 0) is 30.5 Å². The first-order valence-corrected chi connectivity index (χ1v) is 10.3. The van der Waals surface area contributed by atoms with Crippen molar-refractivity contribution in [2.24, 2.45) is 0 Å². The van der Waals surface area contributed by atoms with E-state index in [1.165, 1.54) is 45.8 Å². The molecule has 0 unspecified atom stereocenters. The van der Waals surface area contributed by atoms with Gasteiger partial charge in [0.2, 0.25) is 5.91 Å². The summed E-state index contributed by atoms with van der Waals surface area (Å²) in [6.45, 7) is 1.51. The number of carbonyl (C=O) groups excluding carboxylic acids is 2. The molecule has 0 aliphatic carbocycles. The van der Waals surface area contributed by atoms with E-state index in [-0.39, 0.29) is 24.5 Å². The van der Waals surface area contributed by atoms with Gasteiger partial charge < -0.3 is 10.2 Å². The Kier molecular flexibility index (Phi) is 6.33. The summed E-state index contributed by atoms with van der Waals surface area (Å²) in [5.41, 5.74) is -0.185. The smallest absolute Gasteiger partial charge is 0.328 e. The number of nitrogens with one attached hydrogen (secondary N) is 1. The van der Waals surface area contributed by atoms with Gasteiger partial charge in [-0.2, -0.15) is 24.5 Å². The number of anilines is 1. The Hall–Kier alpha value is -2.72. The molecule has 2 aromatic heterocycles. The first-order chi connectivity index (χ1) is 13.8. The topological polar surface area (TPSA) is 62.3 Å². The summed E-state index contributed by atoms with van der Waals surface area (Å²) in [6.07, 6.45) is -4.59. The Balaban J connectivity index is 1.70. The van der Waals surface area contributed by atoms with Crippen molar-refractivity contribution < 1.29 is 22.8 Å². The zero-order valence-electron chi connectivity index (χ0n) is 15.2. The van der Waals surface area contributed by atoms with E-state index >= 15 is 0 Å². The van der Waals surface area contributed by atoms with Crippen LogP contribution in [0.5, 0.6) is 0 Å². The summed E-state index contributed by atoms with van der Waals surface area (Å²) in [6, 6.07) is 6.59. The molecule has 2 amide bonds. The van der Waals surface area contributed by atoms with Crippen LogP contribution < -0.4 is 5.32 Å². The first-order valence-electron chi connectivity index (χ1n) is 8.53. The quantitative estimate of drug-likeness (QED) is 0.589. The van der Waals surface area contributed by atoms with E-state index in [2.05, 4.69) is 10.3 Å². The van der Waals surface area contributed by atoms with E-state index in [0.29, 0.717) is 5.01 Å².